The van der Waals surface area contributed by atoms with Gasteiger partial charge in [-0.3, -0.25) is 13.9 Å². The summed E-state index contributed by atoms with van der Waals surface area (Å²) in [7, 11) is -4.67. The average molecular weight is 195 g/mol. The number of carboxylic acids is 1. The van der Waals surface area contributed by atoms with Crippen LogP contribution in [0.2, 0.25) is 0 Å². The second-order valence-corrected chi connectivity index (χ2v) is 1.86. The van der Waals surface area contributed by atoms with Crippen molar-refractivity contribution in [3.05, 3.63) is 0 Å². The Hall–Kier alpha value is -0.370. The van der Waals surface area contributed by atoms with Crippen molar-refractivity contribution in [1.29, 1.82) is 0 Å². The first-order valence-electron chi connectivity index (χ1n) is 1.63. The van der Waals surface area contributed by atoms with E-state index in [0.29, 0.717) is 0 Å². The Bertz CT molecular complexity index is 158. The summed E-state index contributed by atoms with van der Waals surface area (Å²) in [6.45, 7) is 1.08. The molecule has 0 heterocycles. The van der Waals surface area contributed by atoms with Gasteiger partial charge in [0, 0.05) is 6.92 Å². The molecule has 64 valence electrons. The lowest BCUT2D eigenvalue weighted by molar-refractivity contribution is -0.134. The number of halogens is 1. The van der Waals surface area contributed by atoms with E-state index in [9.17, 15) is 0 Å². The highest BCUT2D eigenvalue weighted by molar-refractivity contribution is 7.79. The van der Waals surface area contributed by atoms with Gasteiger partial charge in [-0.2, -0.15) is 8.42 Å². The van der Waals surface area contributed by atoms with Gasteiger partial charge in [-0.1, -0.05) is 0 Å². The molecule has 0 bridgehead atoms. The van der Waals surface area contributed by atoms with Gasteiger partial charge in [0.05, 0.1) is 0 Å². The summed E-state index contributed by atoms with van der Waals surface area (Å²) in [5.41, 5.74) is 0. The zero-order valence-corrected chi connectivity index (χ0v) is 6.52. The molecule has 0 rings (SSSR count). The molecule has 0 amide bonds. The summed E-state index contributed by atoms with van der Waals surface area (Å²) in [5.74, 6) is -0.833. The fourth-order valence-corrected chi connectivity index (χ4v) is 0. The molecule has 0 saturated heterocycles. The Kier molecular flexibility index (Phi) is 11.0. The van der Waals surface area contributed by atoms with E-state index in [4.69, 9.17) is 27.4 Å². The maximum absolute atomic E-state index is 9.00. The zero-order valence-electron chi connectivity index (χ0n) is 4.88. The summed E-state index contributed by atoms with van der Waals surface area (Å²) >= 11 is 0. The molecule has 6 nitrogen and oxygen atoms in total. The van der Waals surface area contributed by atoms with Gasteiger partial charge < -0.3 is 5.11 Å². The van der Waals surface area contributed by atoms with Gasteiger partial charge in [0.25, 0.3) is 5.97 Å². The Morgan fingerprint density at radius 2 is 1.30 bits per heavy atom. The number of aliphatic carboxylic acids is 1. The summed E-state index contributed by atoms with van der Waals surface area (Å²) in [6, 6.07) is 0. The number of hydrogen-bond acceptors (Lipinski definition) is 3. The van der Waals surface area contributed by atoms with Gasteiger partial charge in [0.1, 0.15) is 0 Å². The van der Waals surface area contributed by atoms with Crippen LogP contribution in [0.3, 0.4) is 0 Å². The molecule has 0 saturated carbocycles. The van der Waals surface area contributed by atoms with Crippen molar-refractivity contribution < 1.29 is 27.4 Å². The molecule has 0 aliphatic heterocycles. The highest BCUT2D eigenvalue weighted by Crippen LogP contribution is 1.59. The number of carboxylic acid groups (broad SMARTS) is 1. The molecule has 0 aliphatic carbocycles. The summed E-state index contributed by atoms with van der Waals surface area (Å²) in [4.78, 5) is 9.00. The Labute approximate surface area is 63.9 Å². The minimum absolute atomic E-state index is 0. The molecule has 0 unspecified atom stereocenters. The van der Waals surface area contributed by atoms with E-state index in [1.807, 2.05) is 0 Å². The van der Waals surface area contributed by atoms with E-state index in [0.717, 1.165) is 6.92 Å². The Morgan fingerprint density at radius 3 is 1.30 bits per heavy atom. The molecule has 0 aromatic carbocycles. The van der Waals surface area contributed by atoms with Gasteiger partial charge in [-0.25, -0.2) is 0 Å². The number of carbonyl (C=O) groups is 1. The van der Waals surface area contributed by atoms with Crippen molar-refractivity contribution >= 4 is 28.8 Å². The van der Waals surface area contributed by atoms with Crippen LogP contribution in [0, 0.1) is 0 Å². The molecule has 0 atom stereocenters. The van der Waals surface area contributed by atoms with Crippen molar-refractivity contribution in [2.45, 2.75) is 6.92 Å². The van der Waals surface area contributed by atoms with Gasteiger partial charge in [0.2, 0.25) is 0 Å². The summed E-state index contributed by atoms with van der Waals surface area (Å²) in [5, 5.41) is 7.42. The number of hydrogen-bond donors (Lipinski definition) is 3. The fourth-order valence-electron chi connectivity index (χ4n) is 0. The smallest absolute Gasteiger partial charge is 0.394 e. The lowest BCUT2D eigenvalue weighted by atomic mass is 10.9. The van der Waals surface area contributed by atoms with E-state index < -0.39 is 16.4 Å². The quantitative estimate of drug-likeness (QED) is 0.463. The predicted octanol–water partition coefficient (Wildman–Crippen LogP) is -0.140. The van der Waals surface area contributed by atoms with Crippen molar-refractivity contribution in [3.8, 4) is 0 Å². The maximum atomic E-state index is 9.00. The molecule has 0 aromatic heterocycles. The van der Waals surface area contributed by atoms with Crippen LogP contribution in [0.25, 0.3) is 0 Å². The first-order chi connectivity index (χ1) is 3.73. The second-order valence-electron chi connectivity index (χ2n) is 0.967. The third-order valence-electron chi connectivity index (χ3n) is 0. The minimum atomic E-state index is -4.67. The summed E-state index contributed by atoms with van der Waals surface area (Å²) < 4.78 is 31.6. The standard InChI is InChI=1S/C2H4O2.ClH.H2O4S/c1-2(3)4;;1-5(2,3)4/h1H3,(H,3,4);1H;(H2,1,2,3,4). The van der Waals surface area contributed by atoms with E-state index in [1.54, 1.807) is 0 Å². The van der Waals surface area contributed by atoms with E-state index in [1.165, 1.54) is 0 Å². The molecular weight excluding hydrogens is 188 g/mol. The molecule has 0 aliphatic rings. The first-order valence-corrected chi connectivity index (χ1v) is 3.02. The maximum Gasteiger partial charge on any atom is 0.394 e. The van der Waals surface area contributed by atoms with Crippen molar-refractivity contribution in [2.24, 2.45) is 0 Å². The molecule has 0 aromatic rings. The lowest BCUT2D eigenvalue weighted by Gasteiger charge is -1.68. The van der Waals surface area contributed by atoms with E-state index in [2.05, 4.69) is 0 Å². The molecule has 0 fully saturated rings. The van der Waals surface area contributed by atoms with Crippen LogP contribution in [0.5, 0.6) is 0 Å². The first kappa shape index (κ1) is 16.3. The van der Waals surface area contributed by atoms with Crippen LogP contribution in [0.4, 0.5) is 0 Å². The van der Waals surface area contributed by atoms with Gasteiger partial charge in [-0.05, 0) is 0 Å². The highest BCUT2D eigenvalue weighted by atomic mass is 35.5. The van der Waals surface area contributed by atoms with E-state index in [-0.39, 0.29) is 12.4 Å². The van der Waals surface area contributed by atoms with Crippen LogP contribution in [-0.2, 0) is 15.2 Å². The van der Waals surface area contributed by atoms with Crippen LogP contribution < -0.4 is 0 Å². The zero-order chi connectivity index (χ0) is 8.08. The Morgan fingerprint density at radius 1 is 1.30 bits per heavy atom. The molecular formula is C2H7ClO6S. The number of rotatable bonds is 0. The lowest BCUT2D eigenvalue weighted by Crippen LogP contribution is -1.89. The summed E-state index contributed by atoms with van der Waals surface area (Å²) in [6.07, 6.45) is 0. The monoisotopic (exact) mass is 194 g/mol. The highest BCUT2D eigenvalue weighted by Gasteiger charge is 1.84. The van der Waals surface area contributed by atoms with Crippen LogP contribution in [-0.4, -0.2) is 28.6 Å². The largest absolute Gasteiger partial charge is 0.481 e. The van der Waals surface area contributed by atoms with Crippen LogP contribution in [0.1, 0.15) is 6.92 Å². The van der Waals surface area contributed by atoms with Crippen molar-refractivity contribution in [3.63, 3.8) is 0 Å². The van der Waals surface area contributed by atoms with Gasteiger partial charge in [-0.15, -0.1) is 12.4 Å². The second kappa shape index (κ2) is 6.75. The van der Waals surface area contributed by atoms with Crippen LogP contribution >= 0.6 is 12.4 Å². The van der Waals surface area contributed by atoms with Gasteiger partial charge >= 0.3 is 10.4 Å². The SMILES string of the molecule is CC(=O)O.Cl.O=S(=O)(O)O. The third kappa shape index (κ3) is 2450. The normalized spacial score (nSPS) is 8.30. The fraction of sp³-hybridized carbons (Fsp3) is 0.500. The predicted molar refractivity (Wildman–Crippen MR) is 34.7 cm³/mol. The topological polar surface area (TPSA) is 112 Å². The molecule has 8 heteroatoms. The Balaban J connectivity index is -0.0000000910. The van der Waals surface area contributed by atoms with Gasteiger partial charge in [0.15, 0.2) is 0 Å². The van der Waals surface area contributed by atoms with Crippen molar-refractivity contribution in [2.75, 3.05) is 0 Å². The average Bonchev–Trinajstić information content (AvgIpc) is 1.19. The molecule has 0 spiro atoms. The molecule has 3 N–H and O–H groups in total. The van der Waals surface area contributed by atoms with E-state index >= 15 is 0 Å². The minimum Gasteiger partial charge on any atom is -0.481 e. The molecule has 10 heavy (non-hydrogen) atoms. The third-order valence-corrected chi connectivity index (χ3v) is 0. The molecule has 0 radical (unpaired) electrons. The van der Waals surface area contributed by atoms with Crippen molar-refractivity contribution in [1.82, 2.24) is 0 Å². The van der Waals surface area contributed by atoms with Crippen LogP contribution in [0.15, 0.2) is 0 Å².